The molecule has 0 spiro atoms. The molecule has 0 radical (unpaired) electrons. The fourth-order valence-electron chi connectivity index (χ4n) is 4.96. The molecule has 0 saturated carbocycles. The Kier molecular flexibility index (Phi) is 9.87. The lowest BCUT2D eigenvalue weighted by molar-refractivity contribution is -0.113. The van der Waals surface area contributed by atoms with Crippen LogP contribution in [0.15, 0.2) is 69.4 Å². The molecule has 0 fully saturated rings. The van der Waals surface area contributed by atoms with Crippen molar-refractivity contribution >= 4 is 56.8 Å². The predicted octanol–water partition coefficient (Wildman–Crippen LogP) is 8.47. The summed E-state index contributed by atoms with van der Waals surface area (Å²) in [5.41, 5.74) is 4.86. The minimum Gasteiger partial charge on any atom is -0.490 e. The van der Waals surface area contributed by atoms with E-state index < -0.39 is 11.9 Å². The standard InChI is InChI=1S/C32H32BrClFN5O3S/c1-6-42-26-15-20(14-22(33)29(26)43-16-21-23(34)11-9-12-24(21)35)28-27(30(41)37-25-13-8-10-17(3)18(25)4)19(5)36-31-38-32(44-7-2)39-40(28)31/h8-15,28H,6-7,16H2,1-5H3,(H,37,41)(H,36,38,39). The van der Waals surface area contributed by atoms with Gasteiger partial charge in [0.1, 0.15) is 18.5 Å². The van der Waals surface area contributed by atoms with Gasteiger partial charge in [-0.2, -0.15) is 4.98 Å². The Morgan fingerprint density at radius 1 is 1.16 bits per heavy atom. The number of halogens is 3. The van der Waals surface area contributed by atoms with E-state index in [4.69, 9.17) is 26.2 Å². The van der Waals surface area contributed by atoms with Crippen molar-refractivity contribution in [1.29, 1.82) is 0 Å². The molecule has 0 bridgehead atoms. The molecule has 1 unspecified atom stereocenters. The number of aromatic nitrogens is 3. The average molecular weight is 701 g/mol. The molecule has 1 aliphatic rings. The third-order valence-electron chi connectivity index (χ3n) is 7.27. The van der Waals surface area contributed by atoms with Gasteiger partial charge in [-0.3, -0.25) is 4.79 Å². The van der Waals surface area contributed by atoms with E-state index in [1.807, 2.05) is 65.0 Å². The van der Waals surface area contributed by atoms with E-state index in [1.165, 1.54) is 17.8 Å². The van der Waals surface area contributed by atoms with Crippen LogP contribution in [-0.4, -0.2) is 33.0 Å². The van der Waals surface area contributed by atoms with Crippen LogP contribution in [0.4, 0.5) is 16.0 Å². The van der Waals surface area contributed by atoms with Crippen molar-refractivity contribution < 1.29 is 18.7 Å². The van der Waals surface area contributed by atoms with Crippen LogP contribution in [0, 0.1) is 19.7 Å². The zero-order chi connectivity index (χ0) is 31.5. The first-order chi connectivity index (χ1) is 21.1. The minimum absolute atomic E-state index is 0.107. The van der Waals surface area contributed by atoms with Gasteiger partial charge in [0.05, 0.1) is 21.7 Å². The summed E-state index contributed by atoms with van der Waals surface area (Å²) in [6.45, 7) is 9.96. The number of anilines is 2. The maximum Gasteiger partial charge on any atom is 0.255 e. The second-order valence-electron chi connectivity index (χ2n) is 10.1. The summed E-state index contributed by atoms with van der Waals surface area (Å²) in [5.74, 6) is 1.38. The number of ether oxygens (including phenoxy) is 2. The van der Waals surface area contributed by atoms with Crippen molar-refractivity contribution in [2.75, 3.05) is 23.0 Å². The molecular weight excluding hydrogens is 669 g/mol. The van der Waals surface area contributed by atoms with Gasteiger partial charge in [0.2, 0.25) is 11.1 Å². The van der Waals surface area contributed by atoms with Crippen LogP contribution in [0.3, 0.4) is 0 Å². The number of hydrogen-bond acceptors (Lipinski definition) is 7. The Labute approximate surface area is 273 Å². The van der Waals surface area contributed by atoms with Crippen molar-refractivity contribution in [3.8, 4) is 11.5 Å². The topological polar surface area (TPSA) is 90.3 Å². The normalized spacial score (nSPS) is 14.2. The first-order valence-electron chi connectivity index (χ1n) is 14.1. The van der Waals surface area contributed by atoms with E-state index >= 15 is 0 Å². The third-order valence-corrected chi connectivity index (χ3v) is 8.94. The van der Waals surface area contributed by atoms with Crippen molar-refractivity contribution in [1.82, 2.24) is 14.8 Å². The van der Waals surface area contributed by atoms with Gasteiger partial charge < -0.3 is 20.1 Å². The Balaban J connectivity index is 1.59. The van der Waals surface area contributed by atoms with Gasteiger partial charge in [0.15, 0.2) is 11.5 Å². The smallest absolute Gasteiger partial charge is 0.255 e. The molecule has 4 aromatic rings. The quantitative estimate of drug-likeness (QED) is 0.161. The number of hydrogen-bond donors (Lipinski definition) is 2. The summed E-state index contributed by atoms with van der Waals surface area (Å²) in [6, 6.07) is 13.3. The number of carbonyl (C=O) groups is 1. The molecule has 2 heterocycles. The number of aryl methyl sites for hydroxylation is 1. The molecule has 1 atom stereocenters. The molecule has 1 aromatic heterocycles. The fourth-order valence-corrected chi connectivity index (χ4v) is 6.31. The predicted molar refractivity (Wildman–Crippen MR) is 176 cm³/mol. The van der Waals surface area contributed by atoms with Gasteiger partial charge in [-0.05, 0) is 96.4 Å². The molecule has 1 aliphatic heterocycles. The number of allylic oxidation sites excluding steroid dienone is 1. The van der Waals surface area contributed by atoms with E-state index in [1.54, 1.807) is 16.8 Å². The fraction of sp³-hybridized carbons (Fsp3) is 0.281. The van der Waals surface area contributed by atoms with Crippen LogP contribution >= 0.6 is 39.3 Å². The van der Waals surface area contributed by atoms with E-state index in [0.717, 1.165) is 22.6 Å². The number of fused-ring (bicyclic) bond motifs is 1. The van der Waals surface area contributed by atoms with Crippen LogP contribution in [-0.2, 0) is 11.4 Å². The van der Waals surface area contributed by atoms with Gasteiger partial charge in [-0.15, -0.1) is 5.10 Å². The largest absolute Gasteiger partial charge is 0.490 e. The summed E-state index contributed by atoms with van der Waals surface area (Å²) >= 11 is 11.4. The molecule has 8 nitrogen and oxygen atoms in total. The van der Waals surface area contributed by atoms with Crippen molar-refractivity contribution in [2.24, 2.45) is 0 Å². The van der Waals surface area contributed by atoms with Gasteiger partial charge in [-0.1, -0.05) is 48.5 Å². The number of amides is 1. The monoisotopic (exact) mass is 699 g/mol. The highest BCUT2D eigenvalue weighted by Crippen LogP contribution is 2.44. The molecular formula is C32H32BrClFN5O3S. The molecule has 3 aromatic carbocycles. The SMILES string of the molecule is CCOc1cc(C2C(C(=O)Nc3cccc(C)c3C)=C(C)Nc3nc(SCC)nn32)cc(Br)c1OCc1c(F)cccc1Cl. The Hall–Kier alpha value is -3.54. The lowest BCUT2D eigenvalue weighted by atomic mass is 9.94. The summed E-state index contributed by atoms with van der Waals surface area (Å²) < 4.78 is 28.9. The van der Waals surface area contributed by atoms with Gasteiger partial charge >= 0.3 is 0 Å². The van der Waals surface area contributed by atoms with Crippen LogP contribution in [0.2, 0.25) is 5.02 Å². The highest BCUT2D eigenvalue weighted by atomic mass is 79.9. The number of benzene rings is 3. The van der Waals surface area contributed by atoms with E-state index in [9.17, 15) is 9.18 Å². The molecule has 0 aliphatic carbocycles. The lowest BCUT2D eigenvalue weighted by Gasteiger charge is -2.29. The molecule has 44 heavy (non-hydrogen) atoms. The lowest BCUT2D eigenvalue weighted by Crippen LogP contribution is -2.31. The summed E-state index contributed by atoms with van der Waals surface area (Å²) in [4.78, 5) is 18.7. The number of nitrogens with zero attached hydrogens (tertiary/aromatic N) is 3. The number of thioether (sulfide) groups is 1. The number of nitrogens with one attached hydrogen (secondary N) is 2. The number of carbonyl (C=O) groups excluding carboxylic acids is 1. The molecule has 0 saturated heterocycles. The molecule has 12 heteroatoms. The maximum absolute atomic E-state index is 14.5. The van der Waals surface area contributed by atoms with Gasteiger partial charge in [0.25, 0.3) is 5.91 Å². The average Bonchev–Trinajstić information content (AvgIpc) is 3.37. The van der Waals surface area contributed by atoms with E-state index in [-0.39, 0.29) is 23.1 Å². The van der Waals surface area contributed by atoms with E-state index in [2.05, 4.69) is 31.5 Å². The highest BCUT2D eigenvalue weighted by molar-refractivity contribution is 9.10. The van der Waals surface area contributed by atoms with Crippen molar-refractivity contribution in [3.05, 3.63) is 97.4 Å². The van der Waals surface area contributed by atoms with Crippen LogP contribution in [0.25, 0.3) is 0 Å². The molecule has 5 rings (SSSR count). The maximum atomic E-state index is 14.5. The second kappa shape index (κ2) is 13.6. The van der Waals surface area contributed by atoms with Gasteiger partial charge in [-0.25, -0.2) is 9.07 Å². The second-order valence-corrected chi connectivity index (χ2v) is 12.6. The Morgan fingerprint density at radius 3 is 2.66 bits per heavy atom. The number of rotatable bonds is 10. The minimum atomic E-state index is -0.652. The zero-order valence-corrected chi connectivity index (χ0v) is 28.1. The Bertz CT molecular complexity index is 1740. The van der Waals surface area contributed by atoms with Crippen LogP contribution in [0.5, 0.6) is 11.5 Å². The molecule has 1 amide bonds. The summed E-state index contributed by atoms with van der Waals surface area (Å²) in [6.07, 6.45) is 0. The highest BCUT2D eigenvalue weighted by Gasteiger charge is 2.35. The van der Waals surface area contributed by atoms with Gasteiger partial charge in [0, 0.05) is 16.9 Å². The van der Waals surface area contributed by atoms with Crippen LogP contribution < -0.4 is 20.1 Å². The molecule has 2 N–H and O–H groups in total. The zero-order valence-electron chi connectivity index (χ0n) is 24.9. The van der Waals surface area contributed by atoms with Crippen molar-refractivity contribution in [2.45, 2.75) is 52.4 Å². The van der Waals surface area contributed by atoms with Crippen LogP contribution in [0.1, 0.15) is 49.1 Å². The first kappa shape index (κ1) is 31.9. The Morgan fingerprint density at radius 2 is 1.93 bits per heavy atom. The summed E-state index contributed by atoms with van der Waals surface area (Å²) in [5, 5.41) is 12.0. The summed E-state index contributed by atoms with van der Waals surface area (Å²) in [7, 11) is 0. The van der Waals surface area contributed by atoms with E-state index in [0.29, 0.717) is 50.5 Å². The first-order valence-corrected chi connectivity index (χ1v) is 16.2. The van der Waals surface area contributed by atoms with Crippen molar-refractivity contribution in [3.63, 3.8) is 0 Å². The third kappa shape index (κ3) is 6.45. The molecule has 230 valence electrons.